The number of hydrogen-bond acceptors (Lipinski definition) is 5. The van der Waals surface area contributed by atoms with E-state index in [0.29, 0.717) is 11.8 Å². The molecule has 3 rings (SSSR count). The fraction of sp³-hybridized carbons (Fsp3) is 0.389. The number of aromatic hydroxyl groups is 1. The highest BCUT2D eigenvalue weighted by atomic mass is 16.5. The molecule has 1 aromatic carbocycles. The van der Waals surface area contributed by atoms with Crippen molar-refractivity contribution in [1.82, 2.24) is 10.3 Å². The number of hydrogen-bond donors (Lipinski definition) is 2. The van der Waals surface area contributed by atoms with Gasteiger partial charge < -0.3 is 20.1 Å². The molecular formula is C18H23N3O2. The lowest BCUT2D eigenvalue weighted by atomic mass is 10.0. The van der Waals surface area contributed by atoms with Gasteiger partial charge in [0, 0.05) is 31.9 Å². The molecular weight excluding hydrogens is 290 g/mol. The van der Waals surface area contributed by atoms with E-state index in [9.17, 15) is 5.11 Å². The van der Waals surface area contributed by atoms with Crippen molar-refractivity contribution < 1.29 is 9.84 Å². The van der Waals surface area contributed by atoms with E-state index in [2.05, 4.69) is 21.3 Å². The van der Waals surface area contributed by atoms with Crippen LogP contribution in [0.3, 0.4) is 0 Å². The smallest absolute Gasteiger partial charge is 0.160 e. The number of anilines is 1. The third kappa shape index (κ3) is 3.93. The Morgan fingerprint density at radius 1 is 1.26 bits per heavy atom. The zero-order chi connectivity index (χ0) is 16.1. The molecule has 1 aromatic heterocycles. The lowest BCUT2D eigenvalue weighted by Gasteiger charge is -2.33. The van der Waals surface area contributed by atoms with Gasteiger partial charge in [0.1, 0.15) is 5.82 Å². The normalized spacial score (nSPS) is 15.6. The van der Waals surface area contributed by atoms with Crippen molar-refractivity contribution in [2.75, 3.05) is 25.1 Å². The Bertz CT molecular complexity index is 625. The van der Waals surface area contributed by atoms with Gasteiger partial charge in [0.05, 0.1) is 7.11 Å². The van der Waals surface area contributed by atoms with Crippen molar-refractivity contribution in [3.63, 3.8) is 0 Å². The number of nitrogens with zero attached hydrogens (tertiary/aromatic N) is 2. The second kappa shape index (κ2) is 7.33. The van der Waals surface area contributed by atoms with Crippen LogP contribution >= 0.6 is 0 Å². The predicted molar refractivity (Wildman–Crippen MR) is 91.0 cm³/mol. The van der Waals surface area contributed by atoms with Gasteiger partial charge in [-0.1, -0.05) is 12.1 Å². The lowest BCUT2D eigenvalue weighted by Crippen LogP contribution is -2.42. The second-order valence-corrected chi connectivity index (χ2v) is 5.84. The standard InChI is InChI=1S/C18H23N3O2/c1-23-17-6-5-14(12-16(17)22)13-20-15-7-10-21(11-8-15)18-4-2-3-9-19-18/h2-6,9,12,15,20,22H,7-8,10-11,13H2,1H3. The van der Waals surface area contributed by atoms with Gasteiger partial charge in [-0.25, -0.2) is 4.98 Å². The molecule has 5 heteroatoms. The van der Waals surface area contributed by atoms with Crippen LogP contribution in [-0.4, -0.2) is 36.3 Å². The highest BCUT2D eigenvalue weighted by Crippen LogP contribution is 2.26. The number of piperidine rings is 1. The molecule has 0 saturated carbocycles. The van der Waals surface area contributed by atoms with Crippen LogP contribution in [0.4, 0.5) is 5.82 Å². The van der Waals surface area contributed by atoms with Crippen molar-refractivity contribution in [3.8, 4) is 11.5 Å². The Balaban J connectivity index is 1.48. The Labute approximate surface area is 136 Å². The quantitative estimate of drug-likeness (QED) is 0.888. The SMILES string of the molecule is COc1ccc(CNC2CCN(c3ccccn3)CC2)cc1O. The highest BCUT2D eigenvalue weighted by Gasteiger charge is 2.19. The number of phenolic OH excluding ortho intramolecular Hbond substituents is 1. The van der Waals surface area contributed by atoms with Crippen LogP contribution in [0.1, 0.15) is 18.4 Å². The average Bonchev–Trinajstić information content (AvgIpc) is 2.61. The minimum Gasteiger partial charge on any atom is -0.504 e. The molecule has 2 aromatic rings. The molecule has 1 aliphatic heterocycles. The largest absolute Gasteiger partial charge is 0.504 e. The molecule has 1 saturated heterocycles. The number of nitrogens with one attached hydrogen (secondary N) is 1. The first-order chi connectivity index (χ1) is 11.3. The number of aromatic nitrogens is 1. The van der Waals surface area contributed by atoms with Gasteiger partial charge >= 0.3 is 0 Å². The van der Waals surface area contributed by atoms with E-state index in [-0.39, 0.29) is 5.75 Å². The third-order valence-electron chi connectivity index (χ3n) is 4.31. The lowest BCUT2D eigenvalue weighted by molar-refractivity contribution is 0.372. The summed E-state index contributed by atoms with van der Waals surface area (Å²) in [4.78, 5) is 6.74. The number of benzene rings is 1. The van der Waals surface area contributed by atoms with Gasteiger partial charge in [-0.05, 0) is 42.7 Å². The van der Waals surface area contributed by atoms with Gasteiger partial charge in [-0.2, -0.15) is 0 Å². The van der Waals surface area contributed by atoms with Crippen LogP contribution in [0, 0.1) is 0 Å². The van der Waals surface area contributed by atoms with Crippen molar-refractivity contribution in [2.45, 2.75) is 25.4 Å². The highest BCUT2D eigenvalue weighted by molar-refractivity contribution is 5.41. The second-order valence-electron chi connectivity index (χ2n) is 5.84. The molecule has 0 bridgehead atoms. The van der Waals surface area contributed by atoms with Crippen LogP contribution in [0.25, 0.3) is 0 Å². The molecule has 0 spiro atoms. The minimum atomic E-state index is 0.191. The summed E-state index contributed by atoms with van der Waals surface area (Å²) in [5.41, 5.74) is 1.07. The van der Waals surface area contributed by atoms with Crippen molar-refractivity contribution in [1.29, 1.82) is 0 Å². The van der Waals surface area contributed by atoms with Crippen LogP contribution in [0.2, 0.25) is 0 Å². The summed E-state index contributed by atoms with van der Waals surface area (Å²) in [7, 11) is 1.56. The molecule has 0 aliphatic carbocycles. The number of pyridine rings is 1. The van der Waals surface area contributed by atoms with E-state index >= 15 is 0 Å². The van der Waals surface area contributed by atoms with Gasteiger partial charge in [0.15, 0.2) is 11.5 Å². The molecule has 0 amide bonds. The summed E-state index contributed by atoms with van der Waals surface area (Å²) in [5.74, 6) is 1.76. The maximum atomic E-state index is 9.82. The fourth-order valence-corrected chi connectivity index (χ4v) is 2.96. The van der Waals surface area contributed by atoms with Crippen LogP contribution in [0.5, 0.6) is 11.5 Å². The molecule has 2 heterocycles. The predicted octanol–water partition coefficient (Wildman–Crippen LogP) is 2.55. The Kier molecular flexibility index (Phi) is 4.98. The van der Waals surface area contributed by atoms with Crippen molar-refractivity contribution in [3.05, 3.63) is 48.2 Å². The first-order valence-electron chi connectivity index (χ1n) is 8.01. The Morgan fingerprint density at radius 2 is 2.09 bits per heavy atom. The van der Waals surface area contributed by atoms with Crippen LogP contribution < -0.4 is 15.0 Å². The van der Waals surface area contributed by atoms with E-state index in [1.807, 2.05) is 24.4 Å². The zero-order valence-corrected chi connectivity index (χ0v) is 13.4. The van der Waals surface area contributed by atoms with Crippen LogP contribution in [-0.2, 0) is 6.54 Å². The summed E-state index contributed by atoms with van der Waals surface area (Å²) in [6, 6.07) is 12.1. The monoisotopic (exact) mass is 313 g/mol. The number of rotatable bonds is 5. The third-order valence-corrected chi connectivity index (χ3v) is 4.31. The van der Waals surface area contributed by atoms with Crippen molar-refractivity contribution in [2.24, 2.45) is 0 Å². The van der Waals surface area contributed by atoms with Gasteiger partial charge in [-0.3, -0.25) is 0 Å². The molecule has 2 N–H and O–H groups in total. The molecule has 23 heavy (non-hydrogen) atoms. The molecule has 122 valence electrons. The average molecular weight is 313 g/mol. The Morgan fingerprint density at radius 3 is 2.74 bits per heavy atom. The molecule has 5 nitrogen and oxygen atoms in total. The van der Waals surface area contributed by atoms with E-state index in [0.717, 1.165) is 43.9 Å². The molecule has 0 radical (unpaired) electrons. The topological polar surface area (TPSA) is 57.6 Å². The summed E-state index contributed by atoms with van der Waals surface area (Å²) in [5, 5.41) is 13.4. The zero-order valence-electron chi connectivity index (χ0n) is 13.4. The van der Waals surface area contributed by atoms with E-state index in [4.69, 9.17) is 4.74 Å². The fourth-order valence-electron chi connectivity index (χ4n) is 2.96. The summed E-state index contributed by atoms with van der Waals surface area (Å²) in [6.45, 7) is 2.79. The number of phenols is 1. The van der Waals surface area contributed by atoms with E-state index in [1.165, 1.54) is 0 Å². The van der Waals surface area contributed by atoms with E-state index in [1.54, 1.807) is 19.2 Å². The van der Waals surface area contributed by atoms with E-state index < -0.39 is 0 Å². The van der Waals surface area contributed by atoms with Gasteiger partial charge in [0.2, 0.25) is 0 Å². The van der Waals surface area contributed by atoms with Gasteiger partial charge in [0.25, 0.3) is 0 Å². The number of ether oxygens (including phenoxy) is 1. The molecule has 1 aliphatic rings. The summed E-state index contributed by atoms with van der Waals surface area (Å²) in [6.07, 6.45) is 4.03. The molecule has 0 unspecified atom stereocenters. The first kappa shape index (κ1) is 15.6. The Hall–Kier alpha value is -2.27. The molecule has 0 atom stereocenters. The number of methoxy groups -OCH3 is 1. The van der Waals surface area contributed by atoms with Crippen molar-refractivity contribution >= 4 is 5.82 Å². The maximum Gasteiger partial charge on any atom is 0.160 e. The van der Waals surface area contributed by atoms with Crippen LogP contribution in [0.15, 0.2) is 42.6 Å². The minimum absolute atomic E-state index is 0.191. The molecule has 1 fully saturated rings. The summed E-state index contributed by atoms with van der Waals surface area (Å²) < 4.78 is 5.07. The van der Waals surface area contributed by atoms with Gasteiger partial charge in [-0.15, -0.1) is 0 Å². The maximum absolute atomic E-state index is 9.82. The first-order valence-corrected chi connectivity index (χ1v) is 8.01. The summed E-state index contributed by atoms with van der Waals surface area (Å²) >= 11 is 0.